The van der Waals surface area contributed by atoms with Crippen LogP contribution in [0.1, 0.15) is 30.6 Å². The van der Waals surface area contributed by atoms with Crippen LogP contribution in [0.4, 0.5) is 10.1 Å². The maximum Gasteiger partial charge on any atom is 0.335 e. The van der Waals surface area contributed by atoms with E-state index in [1.165, 1.54) is 26.0 Å². The first kappa shape index (κ1) is 12.5. The third-order valence-corrected chi connectivity index (χ3v) is 2.18. The second-order valence-electron chi connectivity index (χ2n) is 4.28. The van der Waals surface area contributed by atoms with Crippen LogP contribution in [0, 0.1) is 0 Å². The molecule has 0 bridgehead atoms. The minimum absolute atomic E-state index is 0.247. The summed E-state index contributed by atoms with van der Waals surface area (Å²) in [7, 11) is 0. The van der Waals surface area contributed by atoms with Crippen molar-refractivity contribution >= 4 is 11.7 Å². The Hall–Kier alpha value is -1.58. The zero-order chi connectivity index (χ0) is 12.2. The molecule has 1 rings (SSSR count). The number of benzene rings is 1. The minimum Gasteiger partial charge on any atom is -0.478 e. The van der Waals surface area contributed by atoms with Crippen LogP contribution in [0.3, 0.4) is 0 Å². The number of alkyl halides is 1. The monoisotopic (exact) mass is 225 g/mol. The molecule has 0 aliphatic carbocycles. The standard InChI is InChI=1S/C12H16FNO2/c1-12(2,13)7-8-14-10-5-3-9(4-6-10)11(15)16/h3-6,14H,7-8H2,1-2H3,(H,15,16). The Balaban J connectivity index is 2.47. The molecule has 0 amide bonds. The number of carboxylic acid groups (broad SMARTS) is 1. The summed E-state index contributed by atoms with van der Waals surface area (Å²) in [5.41, 5.74) is -0.140. The molecule has 0 saturated heterocycles. The van der Waals surface area contributed by atoms with E-state index in [4.69, 9.17) is 5.11 Å². The van der Waals surface area contributed by atoms with Gasteiger partial charge in [0.15, 0.2) is 0 Å². The van der Waals surface area contributed by atoms with Gasteiger partial charge in [-0.05, 0) is 44.5 Å². The third-order valence-electron chi connectivity index (χ3n) is 2.18. The summed E-state index contributed by atoms with van der Waals surface area (Å²) < 4.78 is 13.1. The molecule has 1 aromatic carbocycles. The predicted octanol–water partition coefficient (Wildman–Crippen LogP) is 2.93. The number of rotatable bonds is 5. The van der Waals surface area contributed by atoms with Crippen LogP contribution >= 0.6 is 0 Å². The first-order valence-corrected chi connectivity index (χ1v) is 5.15. The third kappa shape index (κ3) is 4.29. The first-order chi connectivity index (χ1) is 7.38. The molecule has 4 heteroatoms. The van der Waals surface area contributed by atoms with E-state index in [1.54, 1.807) is 12.1 Å². The fourth-order valence-electron chi connectivity index (χ4n) is 1.23. The number of aromatic carboxylic acids is 1. The van der Waals surface area contributed by atoms with E-state index < -0.39 is 11.6 Å². The molecule has 0 fully saturated rings. The summed E-state index contributed by atoms with van der Waals surface area (Å²) in [6.07, 6.45) is 0.410. The summed E-state index contributed by atoms with van der Waals surface area (Å²) in [6.45, 7) is 3.58. The molecule has 0 atom stereocenters. The fraction of sp³-hybridized carbons (Fsp3) is 0.417. The van der Waals surface area contributed by atoms with Crippen LogP contribution in [-0.4, -0.2) is 23.3 Å². The summed E-state index contributed by atoms with van der Waals surface area (Å²) >= 11 is 0. The Bertz CT molecular complexity index is 354. The van der Waals surface area contributed by atoms with Crippen molar-refractivity contribution in [1.29, 1.82) is 0 Å². The lowest BCUT2D eigenvalue weighted by Gasteiger charge is -2.14. The minimum atomic E-state index is -1.19. The van der Waals surface area contributed by atoms with Crippen molar-refractivity contribution in [3.05, 3.63) is 29.8 Å². The van der Waals surface area contributed by atoms with Crippen LogP contribution in [0.2, 0.25) is 0 Å². The van der Waals surface area contributed by atoms with E-state index in [0.29, 0.717) is 13.0 Å². The van der Waals surface area contributed by atoms with Gasteiger partial charge >= 0.3 is 5.97 Å². The van der Waals surface area contributed by atoms with Crippen molar-refractivity contribution in [3.8, 4) is 0 Å². The molecule has 0 spiro atoms. The first-order valence-electron chi connectivity index (χ1n) is 5.15. The molecule has 0 radical (unpaired) electrons. The summed E-state index contributed by atoms with van der Waals surface area (Å²) in [4.78, 5) is 10.6. The smallest absolute Gasteiger partial charge is 0.335 e. The molecule has 0 aliphatic rings. The van der Waals surface area contributed by atoms with E-state index in [2.05, 4.69) is 5.32 Å². The molecule has 88 valence electrons. The topological polar surface area (TPSA) is 49.3 Å². The van der Waals surface area contributed by atoms with Gasteiger partial charge in [0.25, 0.3) is 0 Å². The number of hydrogen-bond acceptors (Lipinski definition) is 2. The maximum atomic E-state index is 13.1. The van der Waals surface area contributed by atoms with Gasteiger partial charge in [-0.1, -0.05) is 0 Å². The highest BCUT2D eigenvalue weighted by atomic mass is 19.1. The van der Waals surface area contributed by atoms with Gasteiger partial charge in [0.1, 0.15) is 5.67 Å². The largest absolute Gasteiger partial charge is 0.478 e. The molecule has 1 aromatic rings. The van der Waals surface area contributed by atoms with Gasteiger partial charge in [0, 0.05) is 12.2 Å². The average molecular weight is 225 g/mol. The van der Waals surface area contributed by atoms with Gasteiger partial charge in [-0.15, -0.1) is 0 Å². The molecule has 0 aromatic heterocycles. The van der Waals surface area contributed by atoms with Crippen molar-refractivity contribution in [3.63, 3.8) is 0 Å². The normalized spacial score (nSPS) is 11.2. The zero-order valence-electron chi connectivity index (χ0n) is 9.46. The Morgan fingerprint density at radius 2 is 1.94 bits per heavy atom. The zero-order valence-corrected chi connectivity index (χ0v) is 9.46. The Morgan fingerprint density at radius 1 is 1.38 bits per heavy atom. The van der Waals surface area contributed by atoms with Crippen molar-refractivity contribution < 1.29 is 14.3 Å². The average Bonchev–Trinajstić information content (AvgIpc) is 2.16. The molecule has 0 aliphatic heterocycles. The van der Waals surface area contributed by atoms with Gasteiger partial charge in [-0.25, -0.2) is 9.18 Å². The molecular weight excluding hydrogens is 209 g/mol. The Labute approximate surface area is 94.3 Å². The Morgan fingerprint density at radius 3 is 2.38 bits per heavy atom. The molecule has 0 heterocycles. The number of halogens is 1. The SMILES string of the molecule is CC(C)(F)CCNc1ccc(C(=O)O)cc1. The van der Waals surface area contributed by atoms with Crippen molar-refractivity contribution in [2.24, 2.45) is 0 Å². The van der Waals surface area contributed by atoms with Gasteiger partial charge < -0.3 is 10.4 Å². The number of carbonyl (C=O) groups is 1. The lowest BCUT2D eigenvalue weighted by atomic mass is 10.1. The van der Waals surface area contributed by atoms with E-state index in [1.807, 2.05) is 0 Å². The summed E-state index contributed by atoms with van der Waals surface area (Å²) in [5.74, 6) is -0.948. The second-order valence-corrected chi connectivity index (χ2v) is 4.28. The van der Waals surface area contributed by atoms with Crippen molar-refractivity contribution in [1.82, 2.24) is 0 Å². The predicted molar refractivity (Wildman–Crippen MR) is 61.7 cm³/mol. The van der Waals surface area contributed by atoms with Gasteiger partial charge in [0.05, 0.1) is 5.56 Å². The molecule has 3 nitrogen and oxygen atoms in total. The summed E-state index contributed by atoms with van der Waals surface area (Å²) in [5, 5.41) is 11.7. The Kier molecular flexibility index (Phi) is 3.88. The van der Waals surface area contributed by atoms with Crippen LogP contribution in [0.15, 0.2) is 24.3 Å². The number of nitrogens with one attached hydrogen (secondary N) is 1. The number of carboxylic acids is 1. The molecule has 16 heavy (non-hydrogen) atoms. The summed E-state index contributed by atoms with van der Waals surface area (Å²) in [6, 6.07) is 6.39. The molecule has 0 saturated carbocycles. The maximum absolute atomic E-state index is 13.1. The number of anilines is 1. The van der Waals surface area contributed by atoms with Crippen LogP contribution in [0.5, 0.6) is 0 Å². The van der Waals surface area contributed by atoms with E-state index in [-0.39, 0.29) is 5.56 Å². The fourth-order valence-corrected chi connectivity index (χ4v) is 1.23. The van der Waals surface area contributed by atoms with Gasteiger partial charge in [-0.3, -0.25) is 0 Å². The highest BCUT2D eigenvalue weighted by Crippen LogP contribution is 2.15. The highest BCUT2D eigenvalue weighted by molar-refractivity contribution is 5.87. The van der Waals surface area contributed by atoms with Gasteiger partial charge in [0.2, 0.25) is 0 Å². The van der Waals surface area contributed by atoms with Gasteiger partial charge in [-0.2, -0.15) is 0 Å². The lowest BCUT2D eigenvalue weighted by molar-refractivity contribution is 0.0697. The van der Waals surface area contributed by atoms with Crippen molar-refractivity contribution in [2.45, 2.75) is 25.9 Å². The van der Waals surface area contributed by atoms with Crippen LogP contribution in [0.25, 0.3) is 0 Å². The number of hydrogen-bond donors (Lipinski definition) is 2. The molecule has 0 unspecified atom stereocenters. The highest BCUT2D eigenvalue weighted by Gasteiger charge is 2.14. The second kappa shape index (κ2) is 4.96. The van der Waals surface area contributed by atoms with Crippen molar-refractivity contribution in [2.75, 3.05) is 11.9 Å². The quantitative estimate of drug-likeness (QED) is 0.810. The van der Waals surface area contributed by atoms with E-state index in [9.17, 15) is 9.18 Å². The van der Waals surface area contributed by atoms with Crippen LogP contribution in [-0.2, 0) is 0 Å². The van der Waals surface area contributed by atoms with Crippen LogP contribution < -0.4 is 5.32 Å². The molecule has 2 N–H and O–H groups in total. The lowest BCUT2D eigenvalue weighted by Crippen LogP contribution is -2.17. The molecular formula is C12H16FNO2. The van der Waals surface area contributed by atoms with E-state index in [0.717, 1.165) is 5.69 Å². The van der Waals surface area contributed by atoms with E-state index >= 15 is 0 Å².